The topological polar surface area (TPSA) is 85.3 Å². The van der Waals surface area contributed by atoms with Gasteiger partial charge in [0.15, 0.2) is 0 Å². The van der Waals surface area contributed by atoms with Crippen LogP contribution in [0.4, 0.5) is 0 Å². The lowest BCUT2D eigenvalue weighted by atomic mass is 9.81. The molecule has 0 fully saturated rings. The molecule has 0 radical (unpaired) electrons. The molecule has 0 bridgehead atoms. The molecule has 1 heterocycles. The lowest BCUT2D eigenvalue weighted by molar-refractivity contribution is 0.149. The highest BCUT2D eigenvalue weighted by Gasteiger charge is 2.26. The standard InChI is InChI=1S/C17H26N2O3S/c1-16(2,3)9-17(4,5)18-8-13(21)11-6-10(20)7-12-14(11)23-15(22)19-12/h6-7,13,18,20-21H,8-9H2,1-5H3,(H,19,22). The van der Waals surface area contributed by atoms with Crippen molar-refractivity contribution in [2.75, 3.05) is 6.54 Å². The zero-order valence-electron chi connectivity index (χ0n) is 14.4. The van der Waals surface area contributed by atoms with Gasteiger partial charge in [0.05, 0.1) is 16.3 Å². The quantitative estimate of drug-likeness (QED) is 0.675. The molecule has 0 aliphatic heterocycles. The summed E-state index contributed by atoms with van der Waals surface area (Å²) in [6, 6.07) is 3.02. The molecule has 0 aliphatic carbocycles. The van der Waals surface area contributed by atoms with Crippen LogP contribution in [-0.2, 0) is 0 Å². The van der Waals surface area contributed by atoms with Gasteiger partial charge in [0.25, 0.3) is 0 Å². The zero-order valence-corrected chi connectivity index (χ0v) is 15.2. The third-order valence-electron chi connectivity index (χ3n) is 3.64. The van der Waals surface area contributed by atoms with Crippen LogP contribution in [0.3, 0.4) is 0 Å². The number of hydrogen-bond donors (Lipinski definition) is 4. The summed E-state index contributed by atoms with van der Waals surface area (Å²) in [6.07, 6.45) is 0.162. The highest BCUT2D eigenvalue weighted by Crippen LogP contribution is 2.31. The number of aromatic amines is 1. The molecule has 0 amide bonds. The average Bonchev–Trinajstić information content (AvgIpc) is 2.72. The van der Waals surface area contributed by atoms with Crippen molar-refractivity contribution >= 4 is 21.6 Å². The van der Waals surface area contributed by atoms with Crippen molar-refractivity contribution in [1.29, 1.82) is 0 Å². The van der Waals surface area contributed by atoms with Crippen molar-refractivity contribution in [1.82, 2.24) is 10.3 Å². The maximum absolute atomic E-state index is 11.5. The SMILES string of the molecule is CC(C)(C)CC(C)(C)NCC(O)c1cc(O)cc2[nH]c(=O)sc12. The molecule has 1 aromatic carbocycles. The number of benzene rings is 1. The van der Waals surface area contributed by atoms with Crippen LogP contribution in [0.25, 0.3) is 10.2 Å². The van der Waals surface area contributed by atoms with E-state index in [1.165, 1.54) is 12.1 Å². The Morgan fingerprint density at radius 3 is 2.52 bits per heavy atom. The number of phenols is 1. The van der Waals surface area contributed by atoms with E-state index in [1.807, 2.05) is 0 Å². The number of aromatic hydroxyl groups is 1. The number of thiazole rings is 1. The number of rotatable bonds is 5. The van der Waals surface area contributed by atoms with Gasteiger partial charge in [-0.2, -0.15) is 0 Å². The fraction of sp³-hybridized carbons (Fsp3) is 0.588. The summed E-state index contributed by atoms with van der Waals surface area (Å²) in [4.78, 5) is 14.0. The Labute approximate surface area is 140 Å². The van der Waals surface area contributed by atoms with Crippen LogP contribution in [0.1, 0.15) is 52.7 Å². The predicted octanol–water partition coefficient (Wildman–Crippen LogP) is 3.13. The van der Waals surface area contributed by atoms with Crippen LogP contribution in [0.2, 0.25) is 0 Å². The minimum Gasteiger partial charge on any atom is -0.508 e. The summed E-state index contributed by atoms with van der Waals surface area (Å²) in [5.74, 6) is 0.0366. The van der Waals surface area contributed by atoms with E-state index in [0.29, 0.717) is 22.3 Å². The lowest BCUT2D eigenvalue weighted by Crippen LogP contribution is -2.44. The van der Waals surface area contributed by atoms with E-state index in [1.54, 1.807) is 0 Å². The molecule has 2 rings (SSSR count). The molecule has 128 valence electrons. The molecule has 0 aliphatic rings. The number of hydrogen-bond acceptors (Lipinski definition) is 5. The second-order valence-electron chi connectivity index (χ2n) is 7.94. The van der Waals surface area contributed by atoms with E-state index in [0.717, 1.165) is 17.8 Å². The minimum absolute atomic E-state index is 0.0366. The maximum atomic E-state index is 11.5. The Kier molecular flexibility index (Phi) is 4.89. The molecule has 0 saturated carbocycles. The summed E-state index contributed by atoms with van der Waals surface area (Å²) >= 11 is 1.05. The maximum Gasteiger partial charge on any atom is 0.305 e. The van der Waals surface area contributed by atoms with Gasteiger partial charge in [-0.05, 0) is 31.7 Å². The number of aliphatic hydroxyl groups is 1. The first-order chi connectivity index (χ1) is 10.5. The van der Waals surface area contributed by atoms with Crippen molar-refractivity contribution in [3.05, 3.63) is 27.4 Å². The van der Waals surface area contributed by atoms with Crippen LogP contribution in [0.15, 0.2) is 16.9 Å². The summed E-state index contributed by atoms with van der Waals surface area (Å²) in [7, 11) is 0. The Hall–Kier alpha value is -1.37. The molecule has 1 aromatic heterocycles. The van der Waals surface area contributed by atoms with E-state index in [9.17, 15) is 15.0 Å². The first-order valence-corrected chi connectivity index (χ1v) is 8.57. The molecule has 0 saturated heterocycles. The van der Waals surface area contributed by atoms with Crippen molar-refractivity contribution in [2.45, 2.75) is 52.7 Å². The van der Waals surface area contributed by atoms with Crippen molar-refractivity contribution in [3.8, 4) is 5.75 Å². The van der Waals surface area contributed by atoms with Crippen LogP contribution >= 0.6 is 11.3 Å². The highest BCUT2D eigenvalue weighted by molar-refractivity contribution is 7.16. The number of β-amino-alcohol motifs (C(OH)–C–C–N with tert-alkyl or cyclic N) is 1. The molecule has 1 unspecified atom stereocenters. The number of fused-ring (bicyclic) bond motifs is 1. The molecule has 0 spiro atoms. The number of aromatic nitrogens is 1. The Bertz CT molecular complexity index is 740. The van der Waals surface area contributed by atoms with Gasteiger partial charge in [0, 0.05) is 23.7 Å². The van der Waals surface area contributed by atoms with Crippen LogP contribution in [0.5, 0.6) is 5.75 Å². The molecule has 23 heavy (non-hydrogen) atoms. The van der Waals surface area contributed by atoms with Gasteiger partial charge in [-0.1, -0.05) is 32.1 Å². The molecular weight excluding hydrogens is 312 g/mol. The Morgan fingerprint density at radius 1 is 1.26 bits per heavy atom. The summed E-state index contributed by atoms with van der Waals surface area (Å²) in [5.41, 5.74) is 1.19. The van der Waals surface area contributed by atoms with Crippen molar-refractivity contribution < 1.29 is 10.2 Å². The smallest absolute Gasteiger partial charge is 0.305 e. The van der Waals surface area contributed by atoms with Gasteiger partial charge >= 0.3 is 4.87 Å². The normalized spacial score (nSPS) is 14.3. The fourth-order valence-corrected chi connectivity index (χ4v) is 4.07. The monoisotopic (exact) mass is 338 g/mol. The second-order valence-corrected chi connectivity index (χ2v) is 8.93. The molecule has 4 N–H and O–H groups in total. The Morgan fingerprint density at radius 2 is 1.91 bits per heavy atom. The van der Waals surface area contributed by atoms with E-state index >= 15 is 0 Å². The molecule has 6 heteroatoms. The number of phenolic OH excluding ortho intramolecular Hbond substituents is 1. The lowest BCUT2D eigenvalue weighted by Gasteiger charge is -2.34. The first-order valence-electron chi connectivity index (χ1n) is 7.76. The first kappa shape index (κ1) is 18.0. The Balaban J connectivity index is 2.18. The molecule has 2 aromatic rings. The average molecular weight is 338 g/mol. The largest absolute Gasteiger partial charge is 0.508 e. The van der Waals surface area contributed by atoms with Gasteiger partial charge in [-0.3, -0.25) is 4.79 Å². The minimum atomic E-state index is -0.796. The summed E-state index contributed by atoms with van der Waals surface area (Å²) in [6.45, 7) is 11.1. The highest BCUT2D eigenvalue weighted by atomic mass is 32.1. The van der Waals surface area contributed by atoms with Crippen LogP contribution < -0.4 is 10.2 Å². The van der Waals surface area contributed by atoms with E-state index in [4.69, 9.17) is 0 Å². The van der Waals surface area contributed by atoms with Crippen LogP contribution in [0, 0.1) is 5.41 Å². The zero-order chi connectivity index (χ0) is 17.4. The van der Waals surface area contributed by atoms with Gasteiger partial charge in [0.2, 0.25) is 0 Å². The van der Waals surface area contributed by atoms with Gasteiger partial charge < -0.3 is 20.5 Å². The number of aliphatic hydroxyl groups excluding tert-OH is 1. The van der Waals surface area contributed by atoms with Crippen molar-refractivity contribution in [3.63, 3.8) is 0 Å². The summed E-state index contributed by atoms with van der Waals surface area (Å²) in [5, 5.41) is 23.7. The van der Waals surface area contributed by atoms with Crippen LogP contribution in [-0.4, -0.2) is 27.3 Å². The van der Waals surface area contributed by atoms with Gasteiger partial charge in [-0.15, -0.1) is 0 Å². The third-order valence-corrected chi connectivity index (χ3v) is 4.59. The molecular formula is C17H26N2O3S. The van der Waals surface area contributed by atoms with Gasteiger partial charge in [-0.25, -0.2) is 0 Å². The molecule has 5 nitrogen and oxygen atoms in total. The summed E-state index contributed by atoms with van der Waals surface area (Å²) < 4.78 is 0.690. The number of nitrogens with one attached hydrogen (secondary N) is 2. The third kappa shape index (κ3) is 4.80. The van der Waals surface area contributed by atoms with E-state index in [-0.39, 0.29) is 21.6 Å². The van der Waals surface area contributed by atoms with Crippen molar-refractivity contribution in [2.24, 2.45) is 5.41 Å². The van der Waals surface area contributed by atoms with E-state index in [2.05, 4.69) is 44.9 Å². The van der Waals surface area contributed by atoms with E-state index < -0.39 is 6.10 Å². The number of H-pyrrole nitrogens is 1. The fourth-order valence-electron chi connectivity index (χ4n) is 3.19. The molecule has 1 atom stereocenters. The second kappa shape index (κ2) is 6.26. The van der Waals surface area contributed by atoms with Gasteiger partial charge in [0.1, 0.15) is 5.75 Å². The predicted molar refractivity (Wildman–Crippen MR) is 95.2 cm³/mol.